The lowest BCUT2D eigenvalue weighted by atomic mass is 9.99. The highest BCUT2D eigenvalue weighted by Gasteiger charge is 2.32. The van der Waals surface area contributed by atoms with Crippen molar-refractivity contribution in [3.63, 3.8) is 0 Å². The summed E-state index contributed by atoms with van der Waals surface area (Å²) in [7, 11) is 1.58. The zero-order valence-corrected chi connectivity index (χ0v) is 18.9. The first-order valence-electron chi connectivity index (χ1n) is 10.3. The van der Waals surface area contributed by atoms with Gasteiger partial charge >= 0.3 is 0 Å². The lowest BCUT2D eigenvalue weighted by Gasteiger charge is -2.26. The third-order valence-electron chi connectivity index (χ3n) is 5.08. The van der Waals surface area contributed by atoms with Gasteiger partial charge in [-0.3, -0.25) is 25.5 Å². The first-order valence-corrected chi connectivity index (χ1v) is 10.7. The van der Waals surface area contributed by atoms with E-state index in [4.69, 9.17) is 37.9 Å². The Balaban J connectivity index is 2.13. The summed E-state index contributed by atoms with van der Waals surface area (Å²) in [5.74, 6) is 0.611. The molecule has 0 saturated heterocycles. The number of aliphatic imine (C=N–C) groups is 1. The average molecular weight is 455 g/mol. The third kappa shape index (κ3) is 5.15. The zero-order chi connectivity index (χ0) is 23.3. The van der Waals surface area contributed by atoms with Crippen molar-refractivity contribution in [1.82, 2.24) is 5.32 Å². The number of amidine groups is 2. The van der Waals surface area contributed by atoms with Crippen LogP contribution in [0, 0.1) is 10.8 Å². The number of carbonyl (C=O) groups excluding carboxylic acids is 1. The van der Waals surface area contributed by atoms with Crippen LogP contribution in [0.25, 0.3) is 0 Å². The molecule has 0 fully saturated rings. The van der Waals surface area contributed by atoms with E-state index in [2.05, 4.69) is 5.32 Å². The Bertz CT molecular complexity index is 1050. The number of nitrogens with one attached hydrogen (secondary N) is 3. The first kappa shape index (κ1) is 23.4. The van der Waals surface area contributed by atoms with Crippen LogP contribution in [0.3, 0.4) is 0 Å². The van der Waals surface area contributed by atoms with Crippen LogP contribution in [0.2, 0.25) is 5.02 Å². The number of hydrogen-bond donors (Lipinski definition) is 4. The van der Waals surface area contributed by atoms with Crippen molar-refractivity contribution in [1.29, 1.82) is 10.8 Å². The van der Waals surface area contributed by atoms with Gasteiger partial charge in [0, 0.05) is 22.7 Å². The Labute approximate surface area is 192 Å². The van der Waals surface area contributed by atoms with Gasteiger partial charge in [-0.15, -0.1) is 0 Å². The second-order valence-corrected chi connectivity index (χ2v) is 7.82. The summed E-state index contributed by atoms with van der Waals surface area (Å²) >= 11 is 6.08. The number of carbonyl (C=O) groups is 1. The van der Waals surface area contributed by atoms with E-state index in [0.29, 0.717) is 47.2 Å². The zero-order valence-electron chi connectivity index (χ0n) is 18.1. The number of nitrogens with zero attached hydrogens (tertiary/aromatic N) is 2. The number of hydrogen-bond acceptors (Lipinski definition) is 6. The summed E-state index contributed by atoms with van der Waals surface area (Å²) in [5.41, 5.74) is 8.22. The second kappa shape index (κ2) is 10.4. The lowest BCUT2D eigenvalue weighted by molar-refractivity contribution is -0.121. The van der Waals surface area contributed by atoms with Crippen molar-refractivity contribution in [3.05, 3.63) is 58.6 Å². The minimum atomic E-state index is -0.780. The van der Waals surface area contributed by atoms with Crippen LogP contribution in [0.5, 0.6) is 5.75 Å². The van der Waals surface area contributed by atoms with Crippen molar-refractivity contribution in [2.45, 2.75) is 25.8 Å². The number of nitrogens with two attached hydrogens (primary N) is 1. The smallest absolute Gasteiger partial charge is 0.222 e. The molecule has 0 aliphatic carbocycles. The van der Waals surface area contributed by atoms with Gasteiger partial charge in [0.15, 0.2) is 0 Å². The van der Waals surface area contributed by atoms with E-state index >= 15 is 0 Å². The molecule has 0 bridgehead atoms. The van der Waals surface area contributed by atoms with Crippen LogP contribution in [0.4, 0.5) is 5.69 Å². The van der Waals surface area contributed by atoms with E-state index in [-0.39, 0.29) is 24.0 Å². The number of benzene rings is 2. The lowest BCUT2D eigenvalue weighted by Crippen LogP contribution is -2.42. The molecule has 1 atom stereocenters. The van der Waals surface area contributed by atoms with Crippen LogP contribution in [0.15, 0.2) is 47.5 Å². The SMILES string of the molecule is COc1ccc2c(c1)C(c1ccc(Cl)cc1)=N[C@@H](CC(=O)NCCCN)C(=N)N2C(C)=N. The minimum Gasteiger partial charge on any atom is -0.497 e. The highest BCUT2D eigenvalue weighted by atomic mass is 35.5. The highest BCUT2D eigenvalue weighted by molar-refractivity contribution is 6.31. The molecule has 168 valence electrons. The topological polar surface area (TPSA) is 128 Å². The number of rotatable bonds is 7. The third-order valence-corrected chi connectivity index (χ3v) is 5.33. The van der Waals surface area contributed by atoms with Crippen molar-refractivity contribution < 1.29 is 9.53 Å². The van der Waals surface area contributed by atoms with Gasteiger partial charge in [0.05, 0.1) is 24.9 Å². The Morgan fingerprint density at radius 2 is 2.00 bits per heavy atom. The van der Waals surface area contributed by atoms with E-state index in [0.717, 1.165) is 5.56 Å². The fraction of sp³-hybridized carbons (Fsp3) is 0.304. The van der Waals surface area contributed by atoms with Gasteiger partial charge in [0.25, 0.3) is 0 Å². The summed E-state index contributed by atoms with van der Waals surface area (Å²) < 4.78 is 5.42. The fourth-order valence-electron chi connectivity index (χ4n) is 3.51. The molecule has 1 aliphatic rings. The maximum absolute atomic E-state index is 12.6. The van der Waals surface area contributed by atoms with Crippen LogP contribution in [-0.4, -0.2) is 49.5 Å². The molecule has 32 heavy (non-hydrogen) atoms. The van der Waals surface area contributed by atoms with Crippen molar-refractivity contribution in [2.24, 2.45) is 10.7 Å². The Hall–Kier alpha value is -3.23. The van der Waals surface area contributed by atoms with E-state index in [9.17, 15) is 4.79 Å². The molecule has 8 nitrogen and oxygen atoms in total. The molecule has 0 saturated carbocycles. The predicted molar refractivity (Wildman–Crippen MR) is 129 cm³/mol. The summed E-state index contributed by atoms with van der Waals surface area (Å²) in [5, 5.41) is 20.6. The van der Waals surface area contributed by atoms with Crippen molar-refractivity contribution in [3.8, 4) is 5.75 Å². The number of anilines is 1. The average Bonchev–Trinajstić information content (AvgIpc) is 2.88. The second-order valence-electron chi connectivity index (χ2n) is 7.39. The number of halogens is 1. The number of ether oxygens (including phenoxy) is 1. The van der Waals surface area contributed by atoms with Crippen LogP contribution in [0.1, 0.15) is 30.9 Å². The highest BCUT2D eigenvalue weighted by Crippen LogP contribution is 2.33. The summed E-state index contributed by atoms with van der Waals surface area (Å²) in [6.45, 7) is 2.55. The maximum atomic E-state index is 12.6. The molecule has 2 aromatic rings. The van der Waals surface area contributed by atoms with Gasteiger partial charge in [-0.2, -0.15) is 0 Å². The van der Waals surface area contributed by atoms with Gasteiger partial charge < -0.3 is 15.8 Å². The van der Waals surface area contributed by atoms with Crippen molar-refractivity contribution in [2.75, 3.05) is 25.1 Å². The molecular weight excluding hydrogens is 428 g/mol. The molecule has 0 aromatic heterocycles. The summed E-state index contributed by atoms with van der Waals surface area (Å²) in [4.78, 5) is 18.9. The minimum absolute atomic E-state index is 0.0185. The van der Waals surface area contributed by atoms with Crippen LogP contribution in [-0.2, 0) is 4.79 Å². The fourth-order valence-corrected chi connectivity index (χ4v) is 3.64. The monoisotopic (exact) mass is 454 g/mol. The van der Waals surface area contributed by atoms with Gasteiger partial charge in [-0.25, -0.2) is 0 Å². The molecule has 2 aromatic carbocycles. The van der Waals surface area contributed by atoms with Crippen LogP contribution >= 0.6 is 11.6 Å². The van der Waals surface area contributed by atoms with Gasteiger partial charge in [-0.05, 0) is 50.2 Å². The van der Waals surface area contributed by atoms with Gasteiger partial charge in [0.2, 0.25) is 5.91 Å². The van der Waals surface area contributed by atoms with E-state index in [1.165, 1.54) is 4.90 Å². The molecule has 5 N–H and O–H groups in total. The summed E-state index contributed by atoms with van der Waals surface area (Å²) in [6.07, 6.45) is 0.652. The molecule has 0 spiro atoms. The van der Waals surface area contributed by atoms with Crippen molar-refractivity contribution >= 4 is 40.6 Å². The van der Waals surface area contributed by atoms with Crippen LogP contribution < -0.4 is 20.7 Å². The van der Waals surface area contributed by atoms with Gasteiger partial charge in [-0.1, -0.05) is 23.7 Å². The quantitative estimate of drug-likeness (QED) is 0.291. The molecule has 0 unspecified atom stereocenters. The Morgan fingerprint density at radius 3 is 2.62 bits per heavy atom. The van der Waals surface area contributed by atoms with E-state index < -0.39 is 6.04 Å². The normalized spacial score (nSPS) is 15.5. The Morgan fingerprint density at radius 1 is 1.28 bits per heavy atom. The number of benzodiazepines with no additional fused rings is 1. The van der Waals surface area contributed by atoms with E-state index in [1.807, 2.05) is 18.2 Å². The number of methoxy groups -OCH3 is 1. The number of amides is 1. The predicted octanol–water partition coefficient (Wildman–Crippen LogP) is 3.20. The van der Waals surface area contributed by atoms with Gasteiger partial charge in [0.1, 0.15) is 23.5 Å². The standard InChI is InChI=1S/C23H27ClN6O2/c1-14(26)30-20-9-8-17(32-2)12-18(20)22(15-4-6-16(24)7-5-15)29-19(23(30)27)13-21(31)28-11-3-10-25/h4-9,12,19,26-27H,3,10-11,13,25H2,1-2H3,(H,28,31)/t19-/m0/s1. The molecule has 1 heterocycles. The maximum Gasteiger partial charge on any atom is 0.222 e. The molecule has 3 rings (SSSR count). The molecule has 1 aliphatic heterocycles. The Kier molecular flexibility index (Phi) is 7.61. The first-order chi connectivity index (χ1) is 15.3. The molecule has 1 amide bonds. The van der Waals surface area contributed by atoms with E-state index in [1.54, 1.807) is 38.3 Å². The largest absolute Gasteiger partial charge is 0.497 e. The number of fused-ring (bicyclic) bond motifs is 1. The molecule has 0 radical (unpaired) electrons. The molecular formula is C23H27ClN6O2. The summed E-state index contributed by atoms with van der Waals surface area (Å²) in [6, 6.07) is 11.9. The molecule has 9 heteroatoms.